The molecule has 1 amide bonds. The zero-order valence-corrected chi connectivity index (χ0v) is 12.1. The fourth-order valence-corrected chi connectivity index (χ4v) is 1.61. The number of ether oxygens (including phenoxy) is 1. The second-order valence-electron chi connectivity index (χ2n) is 5.21. The highest BCUT2D eigenvalue weighted by Crippen LogP contribution is 2.17. The summed E-state index contributed by atoms with van der Waals surface area (Å²) in [5.74, 6) is 0.847. The summed E-state index contributed by atoms with van der Waals surface area (Å²) in [7, 11) is 0. The summed E-state index contributed by atoms with van der Waals surface area (Å²) >= 11 is 0. The Balaban J connectivity index is 2.42. The maximum atomic E-state index is 11.7. The summed E-state index contributed by atoms with van der Waals surface area (Å²) in [5, 5.41) is 2.81. The molecule has 106 valence electrons. The molecule has 0 aromatic heterocycles. The Morgan fingerprint density at radius 1 is 1.32 bits per heavy atom. The van der Waals surface area contributed by atoms with Gasteiger partial charge < -0.3 is 15.8 Å². The fraction of sp³-hybridized carbons (Fsp3) is 0.533. The van der Waals surface area contributed by atoms with Gasteiger partial charge in [-0.1, -0.05) is 32.0 Å². The number of carbonyl (C=O) groups is 1. The third kappa shape index (κ3) is 4.91. The lowest BCUT2D eigenvalue weighted by atomic mass is 10.1. The van der Waals surface area contributed by atoms with Crippen molar-refractivity contribution in [2.45, 2.75) is 39.8 Å². The Morgan fingerprint density at radius 3 is 2.53 bits per heavy atom. The van der Waals surface area contributed by atoms with Crippen LogP contribution in [0.1, 0.15) is 26.3 Å². The van der Waals surface area contributed by atoms with E-state index in [0.29, 0.717) is 6.54 Å². The molecule has 0 aliphatic heterocycles. The summed E-state index contributed by atoms with van der Waals surface area (Å²) in [4.78, 5) is 11.7. The predicted molar refractivity (Wildman–Crippen MR) is 77.1 cm³/mol. The smallest absolute Gasteiger partial charge is 0.237 e. The van der Waals surface area contributed by atoms with Gasteiger partial charge in [-0.2, -0.15) is 0 Å². The van der Waals surface area contributed by atoms with E-state index in [1.807, 2.05) is 52.0 Å². The second kappa shape index (κ2) is 7.14. The molecule has 4 nitrogen and oxygen atoms in total. The molecule has 1 rings (SSSR count). The lowest BCUT2D eigenvalue weighted by molar-refractivity contribution is -0.123. The van der Waals surface area contributed by atoms with Gasteiger partial charge in [0.05, 0.1) is 12.6 Å². The quantitative estimate of drug-likeness (QED) is 0.824. The molecule has 2 atom stereocenters. The number of benzene rings is 1. The average molecular weight is 264 g/mol. The lowest BCUT2D eigenvalue weighted by Crippen LogP contribution is -2.46. The molecular weight excluding hydrogens is 240 g/mol. The molecule has 0 saturated carbocycles. The van der Waals surface area contributed by atoms with Gasteiger partial charge in [-0.3, -0.25) is 4.79 Å². The number of carbonyl (C=O) groups excluding carboxylic acids is 1. The van der Waals surface area contributed by atoms with Crippen LogP contribution in [-0.4, -0.2) is 24.6 Å². The number of hydrogen-bond acceptors (Lipinski definition) is 3. The van der Waals surface area contributed by atoms with Crippen molar-refractivity contribution < 1.29 is 9.53 Å². The van der Waals surface area contributed by atoms with Crippen LogP contribution < -0.4 is 15.8 Å². The predicted octanol–water partition coefficient (Wildman–Crippen LogP) is 1.86. The highest BCUT2D eigenvalue weighted by atomic mass is 16.5. The Kier molecular flexibility index (Phi) is 5.83. The van der Waals surface area contributed by atoms with Crippen LogP contribution in [0.5, 0.6) is 5.75 Å². The second-order valence-corrected chi connectivity index (χ2v) is 5.21. The number of aryl methyl sites for hydroxylation is 1. The normalized spacial score (nSPS) is 14.0. The van der Waals surface area contributed by atoms with Gasteiger partial charge in [0.2, 0.25) is 5.91 Å². The first kappa shape index (κ1) is 15.5. The van der Waals surface area contributed by atoms with Crippen LogP contribution in [0, 0.1) is 12.8 Å². The summed E-state index contributed by atoms with van der Waals surface area (Å²) in [5.41, 5.74) is 6.85. The number of para-hydroxylation sites is 1. The van der Waals surface area contributed by atoms with Crippen LogP contribution >= 0.6 is 0 Å². The van der Waals surface area contributed by atoms with Gasteiger partial charge in [0.15, 0.2) is 0 Å². The minimum atomic E-state index is -0.467. The van der Waals surface area contributed by atoms with Gasteiger partial charge in [0, 0.05) is 0 Å². The summed E-state index contributed by atoms with van der Waals surface area (Å²) in [6.07, 6.45) is -0.0931. The van der Waals surface area contributed by atoms with Crippen molar-refractivity contribution in [3.8, 4) is 5.75 Å². The van der Waals surface area contributed by atoms with Crippen LogP contribution in [0.3, 0.4) is 0 Å². The molecule has 4 heteroatoms. The van der Waals surface area contributed by atoms with Crippen molar-refractivity contribution in [1.82, 2.24) is 5.32 Å². The molecule has 0 heterocycles. The van der Waals surface area contributed by atoms with Crippen LogP contribution in [0.25, 0.3) is 0 Å². The van der Waals surface area contributed by atoms with Gasteiger partial charge in [0.25, 0.3) is 0 Å². The molecule has 1 unspecified atom stereocenters. The molecule has 0 aliphatic rings. The van der Waals surface area contributed by atoms with E-state index in [9.17, 15) is 4.79 Å². The largest absolute Gasteiger partial charge is 0.489 e. The molecule has 0 fully saturated rings. The molecule has 1 aromatic carbocycles. The van der Waals surface area contributed by atoms with E-state index in [4.69, 9.17) is 10.5 Å². The maximum absolute atomic E-state index is 11.7. The minimum absolute atomic E-state index is 0.0931. The SMILES string of the molecule is Cc1ccccc1OC(C)CNC(=O)[C@@H](N)C(C)C. The van der Waals surface area contributed by atoms with Gasteiger partial charge in [-0.25, -0.2) is 0 Å². The first-order valence-corrected chi connectivity index (χ1v) is 6.67. The van der Waals surface area contributed by atoms with E-state index >= 15 is 0 Å². The highest BCUT2D eigenvalue weighted by molar-refractivity contribution is 5.81. The number of hydrogen-bond donors (Lipinski definition) is 2. The topological polar surface area (TPSA) is 64.3 Å². The third-order valence-electron chi connectivity index (χ3n) is 3.01. The zero-order valence-electron chi connectivity index (χ0n) is 12.1. The van der Waals surface area contributed by atoms with Crippen LogP contribution in [0.4, 0.5) is 0 Å². The van der Waals surface area contributed by atoms with Crippen molar-refractivity contribution in [2.24, 2.45) is 11.7 Å². The zero-order chi connectivity index (χ0) is 14.4. The van der Waals surface area contributed by atoms with Gasteiger partial charge in [-0.15, -0.1) is 0 Å². The molecular formula is C15H24N2O2. The van der Waals surface area contributed by atoms with Crippen LogP contribution in [0.2, 0.25) is 0 Å². The van der Waals surface area contributed by atoms with Gasteiger partial charge >= 0.3 is 0 Å². The Hall–Kier alpha value is -1.55. The van der Waals surface area contributed by atoms with E-state index in [2.05, 4.69) is 5.32 Å². The molecule has 0 aliphatic carbocycles. The van der Waals surface area contributed by atoms with Crippen LogP contribution in [-0.2, 0) is 4.79 Å². The fourth-order valence-electron chi connectivity index (χ4n) is 1.61. The Bertz CT molecular complexity index is 418. The van der Waals surface area contributed by atoms with Crippen molar-refractivity contribution >= 4 is 5.91 Å². The van der Waals surface area contributed by atoms with Crippen molar-refractivity contribution in [3.05, 3.63) is 29.8 Å². The Morgan fingerprint density at radius 2 is 1.95 bits per heavy atom. The lowest BCUT2D eigenvalue weighted by Gasteiger charge is -2.19. The van der Waals surface area contributed by atoms with Crippen LogP contribution in [0.15, 0.2) is 24.3 Å². The van der Waals surface area contributed by atoms with E-state index in [-0.39, 0.29) is 17.9 Å². The highest BCUT2D eigenvalue weighted by Gasteiger charge is 2.17. The molecule has 0 saturated heterocycles. The first-order valence-electron chi connectivity index (χ1n) is 6.67. The van der Waals surface area contributed by atoms with Gasteiger partial charge in [-0.05, 0) is 31.4 Å². The standard InChI is InChI=1S/C15H24N2O2/c1-10(2)14(16)15(18)17-9-12(4)19-13-8-6-5-7-11(13)3/h5-8,10,12,14H,9,16H2,1-4H3,(H,17,18)/t12?,14-/m0/s1. The number of rotatable bonds is 6. The number of amides is 1. The molecule has 19 heavy (non-hydrogen) atoms. The number of nitrogens with two attached hydrogens (primary N) is 1. The van der Waals surface area contributed by atoms with Crippen molar-refractivity contribution in [1.29, 1.82) is 0 Å². The Labute approximate surface area is 115 Å². The van der Waals surface area contributed by atoms with E-state index in [1.54, 1.807) is 0 Å². The summed E-state index contributed by atoms with van der Waals surface area (Å²) in [6, 6.07) is 7.35. The van der Waals surface area contributed by atoms with E-state index in [0.717, 1.165) is 11.3 Å². The van der Waals surface area contributed by atoms with E-state index in [1.165, 1.54) is 0 Å². The van der Waals surface area contributed by atoms with Crippen molar-refractivity contribution in [2.75, 3.05) is 6.54 Å². The van der Waals surface area contributed by atoms with E-state index < -0.39 is 6.04 Å². The molecule has 1 aromatic rings. The monoisotopic (exact) mass is 264 g/mol. The first-order chi connectivity index (χ1) is 8.91. The third-order valence-corrected chi connectivity index (χ3v) is 3.01. The molecule has 0 spiro atoms. The minimum Gasteiger partial charge on any atom is -0.489 e. The summed E-state index contributed by atoms with van der Waals surface area (Å²) < 4.78 is 5.78. The number of nitrogens with one attached hydrogen (secondary N) is 1. The summed E-state index contributed by atoms with van der Waals surface area (Å²) in [6.45, 7) is 8.23. The average Bonchev–Trinajstić information content (AvgIpc) is 2.37. The maximum Gasteiger partial charge on any atom is 0.237 e. The van der Waals surface area contributed by atoms with Gasteiger partial charge in [0.1, 0.15) is 11.9 Å². The van der Waals surface area contributed by atoms with Crippen molar-refractivity contribution in [3.63, 3.8) is 0 Å². The molecule has 3 N–H and O–H groups in total. The molecule has 0 radical (unpaired) electrons. The molecule has 0 bridgehead atoms.